The normalized spacial score (nSPS) is 10.8. The van der Waals surface area contributed by atoms with E-state index in [1.165, 1.54) is 0 Å². The van der Waals surface area contributed by atoms with E-state index in [1.807, 2.05) is 24.3 Å². The molecule has 17 heavy (non-hydrogen) atoms. The molecule has 2 aromatic heterocycles. The van der Waals surface area contributed by atoms with Crippen molar-refractivity contribution < 1.29 is 4.79 Å². The summed E-state index contributed by atoms with van der Waals surface area (Å²) >= 11 is 0. The van der Waals surface area contributed by atoms with Crippen LogP contribution in [-0.4, -0.2) is 16.0 Å². The van der Waals surface area contributed by atoms with Gasteiger partial charge in [-0.05, 0) is 12.1 Å². The van der Waals surface area contributed by atoms with Crippen molar-refractivity contribution >= 4 is 33.7 Å². The fourth-order valence-corrected chi connectivity index (χ4v) is 1.94. The van der Waals surface area contributed by atoms with Gasteiger partial charge in [0.2, 0.25) is 0 Å². The van der Waals surface area contributed by atoms with Crippen LogP contribution in [0, 0.1) is 0 Å². The fraction of sp³-hybridized carbons (Fsp3) is 0. The van der Waals surface area contributed by atoms with Gasteiger partial charge in [0.1, 0.15) is 5.82 Å². The van der Waals surface area contributed by atoms with Crippen LogP contribution in [0.1, 0.15) is 0 Å². The van der Waals surface area contributed by atoms with Gasteiger partial charge < -0.3 is 10.7 Å². The standard InChI is InChI=1S/C12H10N4O/c13-12(17)16-11-5-8-7-3-1-2-4-9(7)15-10(8)6-14-11/h1-6,15H,(H3,13,14,16,17). The number of urea groups is 1. The first kappa shape index (κ1) is 9.65. The van der Waals surface area contributed by atoms with Crippen molar-refractivity contribution in [2.45, 2.75) is 0 Å². The van der Waals surface area contributed by atoms with E-state index in [0.717, 1.165) is 21.8 Å². The summed E-state index contributed by atoms with van der Waals surface area (Å²) in [6.45, 7) is 0. The number of anilines is 1. The number of hydrogen-bond donors (Lipinski definition) is 3. The molecule has 4 N–H and O–H groups in total. The topological polar surface area (TPSA) is 83.8 Å². The molecule has 1 aromatic carbocycles. The Kier molecular flexibility index (Phi) is 1.98. The smallest absolute Gasteiger partial charge is 0.317 e. The summed E-state index contributed by atoms with van der Waals surface area (Å²) < 4.78 is 0. The monoisotopic (exact) mass is 226 g/mol. The molecule has 5 nitrogen and oxygen atoms in total. The largest absolute Gasteiger partial charge is 0.353 e. The van der Waals surface area contributed by atoms with E-state index in [0.29, 0.717) is 5.82 Å². The van der Waals surface area contributed by atoms with E-state index < -0.39 is 6.03 Å². The molecular formula is C12H10N4O. The van der Waals surface area contributed by atoms with Gasteiger partial charge in [-0.3, -0.25) is 5.32 Å². The number of primary amides is 1. The number of carbonyl (C=O) groups excluding carboxylic acids is 1. The van der Waals surface area contributed by atoms with Crippen LogP contribution in [0.3, 0.4) is 0 Å². The SMILES string of the molecule is NC(=O)Nc1cc2c(cn1)[nH]c1ccccc12. The number of nitrogens with zero attached hydrogens (tertiary/aromatic N) is 1. The molecule has 0 fully saturated rings. The highest BCUT2D eigenvalue weighted by Gasteiger charge is 2.05. The Bertz CT molecular complexity index is 717. The summed E-state index contributed by atoms with van der Waals surface area (Å²) in [5, 5.41) is 4.57. The van der Waals surface area contributed by atoms with E-state index in [4.69, 9.17) is 5.73 Å². The second-order valence-electron chi connectivity index (χ2n) is 3.77. The number of rotatable bonds is 1. The first-order valence-electron chi connectivity index (χ1n) is 5.17. The number of nitrogens with two attached hydrogens (primary N) is 1. The van der Waals surface area contributed by atoms with Crippen LogP contribution in [0.4, 0.5) is 10.6 Å². The number of benzene rings is 1. The lowest BCUT2D eigenvalue weighted by Gasteiger charge is -1.99. The molecule has 0 spiro atoms. The number of carbonyl (C=O) groups is 1. The van der Waals surface area contributed by atoms with Gasteiger partial charge in [-0.2, -0.15) is 0 Å². The van der Waals surface area contributed by atoms with Crippen molar-refractivity contribution in [3.05, 3.63) is 36.5 Å². The lowest BCUT2D eigenvalue weighted by Crippen LogP contribution is -2.19. The average Bonchev–Trinajstić information content (AvgIpc) is 2.66. The molecule has 3 aromatic rings. The Labute approximate surface area is 96.6 Å². The summed E-state index contributed by atoms with van der Waals surface area (Å²) in [6, 6.07) is 9.14. The molecule has 84 valence electrons. The van der Waals surface area contributed by atoms with Crippen molar-refractivity contribution in [1.82, 2.24) is 9.97 Å². The Hall–Kier alpha value is -2.56. The Morgan fingerprint density at radius 3 is 2.88 bits per heavy atom. The number of aromatic amines is 1. The van der Waals surface area contributed by atoms with Crippen LogP contribution in [0.15, 0.2) is 36.5 Å². The highest BCUT2D eigenvalue weighted by Crippen LogP contribution is 2.26. The summed E-state index contributed by atoms with van der Waals surface area (Å²) in [5.41, 5.74) is 7.03. The van der Waals surface area contributed by atoms with Crippen LogP contribution < -0.4 is 11.1 Å². The third-order valence-corrected chi connectivity index (χ3v) is 2.64. The predicted molar refractivity (Wildman–Crippen MR) is 66.8 cm³/mol. The molecule has 0 unspecified atom stereocenters. The molecule has 0 aliphatic heterocycles. The minimum atomic E-state index is -0.614. The minimum absolute atomic E-state index is 0.453. The van der Waals surface area contributed by atoms with Gasteiger partial charge in [0.15, 0.2) is 0 Å². The maximum Gasteiger partial charge on any atom is 0.317 e. The van der Waals surface area contributed by atoms with E-state index >= 15 is 0 Å². The summed E-state index contributed by atoms with van der Waals surface area (Å²) in [6.07, 6.45) is 1.68. The molecule has 2 amide bonds. The van der Waals surface area contributed by atoms with E-state index in [9.17, 15) is 4.79 Å². The van der Waals surface area contributed by atoms with Crippen LogP contribution in [0.2, 0.25) is 0 Å². The second kappa shape index (κ2) is 3.48. The summed E-state index contributed by atoms with van der Waals surface area (Å²) in [7, 11) is 0. The van der Waals surface area contributed by atoms with Gasteiger partial charge in [-0.1, -0.05) is 18.2 Å². The minimum Gasteiger partial charge on any atom is -0.353 e. The molecule has 0 saturated carbocycles. The summed E-state index contributed by atoms with van der Waals surface area (Å²) in [5.74, 6) is 0.453. The van der Waals surface area contributed by atoms with Crippen molar-refractivity contribution in [2.24, 2.45) is 5.73 Å². The third-order valence-electron chi connectivity index (χ3n) is 2.64. The van der Waals surface area contributed by atoms with Gasteiger partial charge >= 0.3 is 6.03 Å². The van der Waals surface area contributed by atoms with Crippen molar-refractivity contribution in [1.29, 1.82) is 0 Å². The average molecular weight is 226 g/mol. The van der Waals surface area contributed by atoms with Crippen LogP contribution >= 0.6 is 0 Å². The van der Waals surface area contributed by atoms with Crippen molar-refractivity contribution in [3.63, 3.8) is 0 Å². The molecule has 3 rings (SSSR count). The Morgan fingerprint density at radius 2 is 2.06 bits per heavy atom. The van der Waals surface area contributed by atoms with Gasteiger partial charge in [0.25, 0.3) is 0 Å². The zero-order valence-electron chi connectivity index (χ0n) is 8.90. The highest BCUT2D eigenvalue weighted by molar-refractivity contribution is 6.08. The van der Waals surface area contributed by atoms with Crippen LogP contribution in [0.5, 0.6) is 0 Å². The second-order valence-corrected chi connectivity index (χ2v) is 3.77. The van der Waals surface area contributed by atoms with Crippen molar-refractivity contribution in [3.8, 4) is 0 Å². The van der Waals surface area contributed by atoms with E-state index in [-0.39, 0.29) is 0 Å². The van der Waals surface area contributed by atoms with Gasteiger partial charge in [-0.15, -0.1) is 0 Å². The van der Waals surface area contributed by atoms with Crippen LogP contribution in [-0.2, 0) is 0 Å². The Balaban J connectivity index is 2.26. The van der Waals surface area contributed by atoms with Crippen LogP contribution in [0.25, 0.3) is 21.8 Å². The van der Waals surface area contributed by atoms with E-state index in [1.54, 1.807) is 12.3 Å². The number of hydrogen-bond acceptors (Lipinski definition) is 2. The number of nitrogens with one attached hydrogen (secondary N) is 2. The number of amides is 2. The number of pyridine rings is 1. The first-order valence-corrected chi connectivity index (χ1v) is 5.17. The maximum absolute atomic E-state index is 10.8. The number of aromatic nitrogens is 2. The fourth-order valence-electron chi connectivity index (χ4n) is 1.94. The third kappa shape index (κ3) is 1.57. The molecule has 0 bridgehead atoms. The zero-order valence-corrected chi connectivity index (χ0v) is 8.90. The van der Waals surface area contributed by atoms with Crippen molar-refractivity contribution in [2.75, 3.05) is 5.32 Å². The van der Waals surface area contributed by atoms with Gasteiger partial charge in [0, 0.05) is 16.3 Å². The lowest BCUT2D eigenvalue weighted by atomic mass is 10.2. The summed E-state index contributed by atoms with van der Waals surface area (Å²) in [4.78, 5) is 18.1. The molecule has 0 saturated heterocycles. The maximum atomic E-state index is 10.8. The van der Waals surface area contributed by atoms with Gasteiger partial charge in [-0.25, -0.2) is 9.78 Å². The molecule has 5 heteroatoms. The molecule has 2 heterocycles. The zero-order chi connectivity index (χ0) is 11.8. The lowest BCUT2D eigenvalue weighted by molar-refractivity contribution is 0.259. The van der Waals surface area contributed by atoms with Gasteiger partial charge in [0.05, 0.1) is 11.7 Å². The molecule has 0 aliphatic rings. The molecule has 0 aliphatic carbocycles. The highest BCUT2D eigenvalue weighted by atomic mass is 16.2. The molecule has 0 atom stereocenters. The van der Waals surface area contributed by atoms with E-state index in [2.05, 4.69) is 15.3 Å². The number of para-hydroxylation sites is 1. The molecule has 0 radical (unpaired) electrons. The first-order chi connectivity index (χ1) is 8.24. The Morgan fingerprint density at radius 1 is 1.24 bits per heavy atom. The quantitative estimate of drug-likeness (QED) is 0.594. The number of H-pyrrole nitrogens is 1. The predicted octanol–water partition coefficient (Wildman–Crippen LogP) is 2.21. The number of fused-ring (bicyclic) bond motifs is 3. The molecular weight excluding hydrogens is 216 g/mol.